The van der Waals surface area contributed by atoms with Crippen LogP contribution in [0.3, 0.4) is 0 Å². The summed E-state index contributed by atoms with van der Waals surface area (Å²) in [5, 5.41) is -0.464. The number of nitrogens with zero attached hydrogens (tertiary/aromatic N) is 2. The van der Waals surface area contributed by atoms with Crippen LogP contribution >= 0.6 is 0 Å². The number of imidazole rings is 1. The van der Waals surface area contributed by atoms with Crippen LogP contribution in [-0.2, 0) is 9.84 Å². The molecule has 2 N–H and O–H groups in total. The molecule has 1 aliphatic heterocycles. The summed E-state index contributed by atoms with van der Waals surface area (Å²) in [7, 11) is -3.03. The lowest BCUT2D eigenvalue weighted by Gasteiger charge is -2.08. The molecule has 0 radical (unpaired) electrons. The number of nitrogens with two attached hydrogens (primary N) is 1. The number of fused-ring (bicyclic) bond motifs is 1. The summed E-state index contributed by atoms with van der Waals surface area (Å²) in [6.07, 6.45) is 4.82. The summed E-state index contributed by atoms with van der Waals surface area (Å²) >= 11 is 0. The number of hydrogen-bond acceptors (Lipinski definition) is 4. The molecule has 1 unspecified atom stereocenters. The van der Waals surface area contributed by atoms with E-state index in [1.54, 1.807) is 24.5 Å². The van der Waals surface area contributed by atoms with Gasteiger partial charge in [-0.25, -0.2) is 13.4 Å². The number of rotatable bonds is 1. The molecule has 3 rings (SSSR count). The summed E-state index contributed by atoms with van der Waals surface area (Å²) in [4.78, 5) is 4.24. The number of nitrogen functional groups attached to an aromatic ring is 1. The van der Waals surface area contributed by atoms with Crippen molar-refractivity contribution in [2.45, 2.75) is 18.1 Å². The molecule has 0 bridgehead atoms. The number of aromatic nitrogens is 2. The van der Waals surface area contributed by atoms with Crippen molar-refractivity contribution < 1.29 is 8.42 Å². The summed E-state index contributed by atoms with van der Waals surface area (Å²) in [5.74, 6) is 0.874. The Balaban J connectivity index is 2.19. The van der Waals surface area contributed by atoms with Crippen LogP contribution in [0.25, 0.3) is 5.52 Å². The maximum absolute atomic E-state index is 11.9. The Bertz CT molecular complexity index is 675. The molecule has 2 aromatic heterocycles. The van der Waals surface area contributed by atoms with Crippen LogP contribution in [0.1, 0.15) is 23.9 Å². The largest absolute Gasteiger partial charge is 0.399 e. The van der Waals surface area contributed by atoms with Crippen molar-refractivity contribution in [3.05, 3.63) is 30.4 Å². The van der Waals surface area contributed by atoms with E-state index in [9.17, 15) is 8.42 Å². The van der Waals surface area contributed by atoms with Gasteiger partial charge in [0.2, 0.25) is 0 Å². The average molecular weight is 251 g/mol. The Morgan fingerprint density at radius 3 is 3.00 bits per heavy atom. The minimum atomic E-state index is -3.03. The van der Waals surface area contributed by atoms with Crippen LogP contribution in [0.15, 0.2) is 24.5 Å². The number of pyridine rings is 1. The van der Waals surface area contributed by atoms with Crippen LogP contribution in [-0.4, -0.2) is 23.6 Å². The molecule has 0 amide bonds. The molecular weight excluding hydrogens is 238 g/mol. The molecule has 6 heteroatoms. The molecule has 2 aromatic rings. The van der Waals surface area contributed by atoms with Gasteiger partial charge in [0, 0.05) is 11.9 Å². The minimum Gasteiger partial charge on any atom is -0.399 e. The standard InChI is InChI=1S/C11H13N3O2S/c12-8-3-4-14-9(6-8)7-13-11(14)10-2-1-5-17(10,15)16/h3-4,6-7,10H,1-2,5,12H2. The van der Waals surface area contributed by atoms with Gasteiger partial charge in [-0.2, -0.15) is 0 Å². The second kappa shape index (κ2) is 3.46. The van der Waals surface area contributed by atoms with Crippen LogP contribution in [0.5, 0.6) is 0 Å². The number of hydrogen-bond donors (Lipinski definition) is 1. The highest BCUT2D eigenvalue weighted by molar-refractivity contribution is 7.91. The van der Waals surface area contributed by atoms with Gasteiger partial charge in [-0.1, -0.05) is 0 Å². The first kappa shape index (κ1) is 10.6. The lowest BCUT2D eigenvalue weighted by Crippen LogP contribution is -2.11. The summed E-state index contributed by atoms with van der Waals surface area (Å²) in [5.41, 5.74) is 7.17. The van der Waals surface area contributed by atoms with Gasteiger partial charge in [0.1, 0.15) is 11.1 Å². The Labute approximate surface area is 99.2 Å². The van der Waals surface area contributed by atoms with Gasteiger partial charge in [0.15, 0.2) is 9.84 Å². The molecule has 90 valence electrons. The van der Waals surface area contributed by atoms with Crippen molar-refractivity contribution in [3.8, 4) is 0 Å². The zero-order valence-electron chi connectivity index (χ0n) is 9.20. The monoisotopic (exact) mass is 251 g/mol. The fourth-order valence-corrected chi connectivity index (χ4v) is 4.23. The van der Waals surface area contributed by atoms with Gasteiger partial charge in [0.25, 0.3) is 0 Å². The molecule has 3 heterocycles. The Morgan fingerprint density at radius 2 is 2.29 bits per heavy atom. The lowest BCUT2D eigenvalue weighted by molar-refractivity contribution is 0.588. The van der Waals surface area contributed by atoms with E-state index < -0.39 is 15.1 Å². The second-order valence-electron chi connectivity index (χ2n) is 4.37. The van der Waals surface area contributed by atoms with Crippen molar-refractivity contribution in [1.82, 2.24) is 9.38 Å². The van der Waals surface area contributed by atoms with Gasteiger partial charge < -0.3 is 10.1 Å². The Hall–Kier alpha value is -1.56. The highest BCUT2D eigenvalue weighted by atomic mass is 32.2. The Morgan fingerprint density at radius 1 is 1.47 bits per heavy atom. The smallest absolute Gasteiger partial charge is 0.160 e. The predicted octanol–water partition coefficient (Wildman–Crippen LogP) is 1.17. The molecule has 0 spiro atoms. The fraction of sp³-hybridized carbons (Fsp3) is 0.364. The molecule has 5 nitrogen and oxygen atoms in total. The van der Waals surface area contributed by atoms with E-state index in [1.165, 1.54) is 0 Å². The molecule has 0 aromatic carbocycles. The third kappa shape index (κ3) is 1.59. The van der Waals surface area contributed by atoms with Gasteiger partial charge in [-0.3, -0.25) is 0 Å². The summed E-state index contributed by atoms with van der Waals surface area (Å²) < 4.78 is 25.6. The second-order valence-corrected chi connectivity index (χ2v) is 6.67. The molecule has 0 saturated carbocycles. The van der Waals surface area contributed by atoms with E-state index in [4.69, 9.17) is 5.73 Å². The number of sulfone groups is 1. The molecule has 1 atom stereocenters. The van der Waals surface area contributed by atoms with Crippen molar-refractivity contribution in [1.29, 1.82) is 0 Å². The maximum atomic E-state index is 11.9. The minimum absolute atomic E-state index is 0.265. The fourth-order valence-electron chi connectivity index (χ4n) is 2.36. The van der Waals surface area contributed by atoms with E-state index in [1.807, 2.05) is 4.40 Å². The SMILES string of the molecule is Nc1ccn2c(C3CCCS3(=O)=O)ncc2c1. The van der Waals surface area contributed by atoms with Crippen LogP contribution < -0.4 is 5.73 Å². The van der Waals surface area contributed by atoms with Crippen LogP contribution in [0.4, 0.5) is 5.69 Å². The molecule has 1 fully saturated rings. The van der Waals surface area contributed by atoms with E-state index in [-0.39, 0.29) is 5.75 Å². The van der Waals surface area contributed by atoms with Crippen molar-refractivity contribution >= 4 is 21.0 Å². The van der Waals surface area contributed by atoms with E-state index in [0.29, 0.717) is 17.9 Å². The van der Waals surface area contributed by atoms with Crippen LogP contribution in [0, 0.1) is 0 Å². The molecule has 1 saturated heterocycles. The maximum Gasteiger partial charge on any atom is 0.160 e. The quantitative estimate of drug-likeness (QED) is 0.825. The van der Waals surface area contributed by atoms with E-state index in [0.717, 1.165) is 11.9 Å². The Kier molecular flexibility index (Phi) is 2.16. The highest BCUT2D eigenvalue weighted by Gasteiger charge is 2.35. The normalized spacial score (nSPS) is 23.2. The third-order valence-electron chi connectivity index (χ3n) is 3.20. The van der Waals surface area contributed by atoms with Gasteiger partial charge in [-0.15, -0.1) is 0 Å². The summed E-state index contributed by atoms with van der Waals surface area (Å²) in [6, 6.07) is 3.54. The molecule has 17 heavy (non-hydrogen) atoms. The van der Waals surface area contributed by atoms with Gasteiger partial charge >= 0.3 is 0 Å². The topological polar surface area (TPSA) is 77.5 Å². The van der Waals surface area contributed by atoms with Crippen molar-refractivity contribution in [3.63, 3.8) is 0 Å². The average Bonchev–Trinajstić information content (AvgIpc) is 2.80. The van der Waals surface area contributed by atoms with Crippen LogP contribution in [0.2, 0.25) is 0 Å². The zero-order chi connectivity index (χ0) is 12.0. The van der Waals surface area contributed by atoms with Crippen molar-refractivity contribution in [2.75, 3.05) is 11.5 Å². The van der Waals surface area contributed by atoms with E-state index in [2.05, 4.69) is 4.98 Å². The lowest BCUT2D eigenvalue weighted by atomic mass is 10.2. The van der Waals surface area contributed by atoms with E-state index >= 15 is 0 Å². The highest BCUT2D eigenvalue weighted by Crippen LogP contribution is 2.34. The first-order chi connectivity index (χ1) is 8.08. The number of anilines is 1. The zero-order valence-corrected chi connectivity index (χ0v) is 10.0. The van der Waals surface area contributed by atoms with Gasteiger partial charge in [-0.05, 0) is 25.0 Å². The van der Waals surface area contributed by atoms with Gasteiger partial charge in [0.05, 0.1) is 17.5 Å². The first-order valence-corrected chi connectivity index (χ1v) is 7.23. The molecule has 0 aliphatic carbocycles. The molecular formula is C11H13N3O2S. The molecule has 1 aliphatic rings. The summed E-state index contributed by atoms with van der Waals surface area (Å²) in [6.45, 7) is 0. The van der Waals surface area contributed by atoms with Crippen molar-refractivity contribution in [2.24, 2.45) is 0 Å². The third-order valence-corrected chi connectivity index (χ3v) is 5.37. The first-order valence-electron chi connectivity index (χ1n) is 5.52. The predicted molar refractivity (Wildman–Crippen MR) is 65.4 cm³/mol.